The quantitative estimate of drug-likeness (QED) is 0.655. The third-order valence-electron chi connectivity index (χ3n) is 7.36. The van der Waals surface area contributed by atoms with Crippen LogP contribution in [0.25, 0.3) is 0 Å². The van der Waals surface area contributed by atoms with Crippen molar-refractivity contribution >= 4 is 0 Å². The third kappa shape index (κ3) is 3.38. The number of fused-ring (bicyclic) bond motifs is 1. The van der Waals surface area contributed by atoms with Gasteiger partial charge in [0.2, 0.25) is 0 Å². The summed E-state index contributed by atoms with van der Waals surface area (Å²) in [5, 5.41) is 29.7. The second kappa shape index (κ2) is 7.25. The Morgan fingerprint density at radius 3 is 2.57 bits per heavy atom. The summed E-state index contributed by atoms with van der Waals surface area (Å²) in [6, 6.07) is 0. The van der Waals surface area contributed by atoms with Gasteiger partial charge < -0.3 is 15.3 Å². The van der Waals surface area contributed by atoms with Crippen molar-refractivity contribution in [1.29, 1.82) is 0 Å². The Morgan fingerprint density at radius 1 is 1.26 bits per heavy atom. The molecule has 3 nitrogen and oxygen atoms in total. The predicted molar refractivity (Wildman–Crippen MR) is 94.0 cm³/mol. The van der Waals surface area contributed by atoms with Gasteiger partial charge in [0.05, 0.1) is 12.7 Å². The van der Waals surface area contributed by atoms with Crippen molar-refractivity contribution < 1.29 is 15.3 Å². The average Bonchev–Trinajstić information content (AvgIpc) is 2.51. The van der Waals surface area contributed by atoms with E-state index >= 15 is 0 Å². The van der Waals surface area contributed by atoms with E-state index in [1.54, 1.807) is 0 Å². The maximum absolute atomic E-state index is 10.8. The molecular weight excluding hydrogens is 288 g/mol. The third-order valence-corrected chi connectivity index (χ3v) is 7.36. The van der Waals surface area contributed by atoms with Crippen LogP contribution < -0.4 is 0 Å². The molecule has 1 fully saturated rings. The fourth-order valence-electron chi connectivity index (χ4n) is 5.47. The van der Waals surface area contributed by atoms with E-state index in [0.717, 1.165) is 44.1 Å². The molecule has 0 bridgehead atoms. The number of aliphatic hydroxyl groups is 3. The molecular formula is C20H36O3. The Morgan fingerprint density at radius 2 is 1.96 bits per heavy atom. The highest BCUT2D eigenvalue weighted by atomic mass is 16.3. The summed E-state index contributed by atoms with van der Waals surface area (Å²) >= 11 is 0. The highest BCUT2D eigenvalue weighted by molar-refractivity contribution is 5.24. The van der Waals surface area contributed by atoms with Crippen LogP contribution >= 0.6 is 0 Å². The van der Waals surface area contributed by atoms with Crippen molar-refractivity contribution in [3.63, 3.8) is 0 Å². The average molecular weight is 325 g/mol. The molecule has 2 rings (SSSR count). The van der Waals surface area contributed by atoms with Gasteiger partial charge >= 0.3 is 0 Å². The van der Waals surface area contributed by atoms with Gasteiger partial charge in [-0.15, -0.1) is 0 Å². The minimum absolute atomic E-state index is 0.0755. The van der Waals surface area contributed by atoms with E-state index in [2.05, 4.69) is 33.8 Å². The number of aliphatic hydroxyl groups excluding tert-OH is 3. The van der Waals surface area contributed by atoms with Gasteiger partial charge in [-0.05, 0) is 66.3 Å². The second-order valence-corrected chi connectivity index (χ2v) is 8.66. The normalized spacial score (nSPS) is 42.0. The van der Waals surface area contributed by atoms with E-state index in [1.807, 2.05) is 0 Å². The summed E-state index contributed by atoms with van der Waals surface area (Å²) < 4.78 is 0. The molecule has 3 heteroatoms. The monoisotopic (exact) mass is 324 g/mol. The summed E-state index contributed by atoms with van der Waals surface area (Å²) in [4.78, 5) is 0. The molecule has 0 radical (unpaired) electrons. The molecule has 0 aromatic carbocycles. The van der Waals surface area contributed by atoms with Gasteiger partial charge in [0.1, 0.15) is 0 Å². The van der Waals surface area contributed by atoms with Gasteiger partial charge in [-0.2, -0.15) is 0 Å². The second-order valence-electron chi connectivity index (χ2n) is 8.66. The standard InChI is InChI=1S/C20H36O3/c1-14(9-11-21)8-10-19(3)15(2)17(23)12-20(4)16(13-22)6-5-7-18(19)20/h6,14-15,17-18,21-23H,5,7-13H2,1-4H3/t14-,15+,17+,18+,19-,20-/m0/s1. The Labute approximate surface area is 141 Å². The summed E-state index contributed by atoms with van der Waals surface area (Å²) in [6.07, 6.45) is 7.91. The van der Waals surface area contributed by atoms with Crippen LogP contribution in [0.5, 0.6) is 0 Å². The van der Waals surface area contributed by atoms with E-state index in [-0.39, 0.29) is 36.1 Å². The number of hydrogen-bond acceptors (Lipinski definition) is 3. The van der Waals surface area contributed by atoms with Crippen LogP contribution in [0.4, 0.5) is 0 Å². The largest absolute Gasteiger partial charge is 0.396 e. The number of hydrogen-bond donors (Lipinski definition) is 3. The van der Waals surface area contributed by atoms with E-state index < -0.39 is 0 Å². The summed E-state index contributed by atoms with van der Waals surface area (Å²) in [5.41, 5.74) is 1.15. The molecule has 2 aliphatic rings. The molecule has 0 saturated heterocycles. The molecule has 1 saturated carbocycles. The molecule has 2 aliphatic carbocycles. The van der Waals surface area contributed by atoms with Crippen LogP contribution in [0, 0.1) is 28.6 Å². The van der Waals surface area contributed by atoms with E-state index in [0.29, 0.717) is 11.8 Å². The predicted octanol–water partition coefficient (Wildman–Crippen LogP) is 3.53. The minimum Gasteiger partial charge on any atom is -0.396 e. The summed E-state index contributed by atoms with van der Waals surface area (Å²) in [6.45, 7) is 9.40. The lowest BCUT2D eigenvalue weighted by molar-refractivity contribution is -0.120. The maximum atomic E-state index is 10.8. The fourth-order valence-corrected chi connectivity index (χ4v) is 5.47. The Balaban J connectivity index is 2.27. The van der Waals surface area contributed by atoms with Crippen molar-refractivity contribution in [2.24, 2.45) is 28.6 Å². The first-order chi connectivity index (χ1) is 10.8. The molecule has 0 amide bonds. The lowest BCUT2D eigenvalue weighted by Gasteiger charge is -2.60. The Bertz CT molecular complexity index is 433. The number of allylic oxidation sites excluding steroid dienone is 1. The van der Waals surface area contributed by atoms with Crippen LogP contribution in [0.15, 0.2) is 11.6 Å². The van der Waals surface area contributed by atoms with Gasteiger partial charge in [-0.25, -0.2) is 0 Å². The van der Waals surface area contributed by atoms with Crippen molar-refractivity contribution in [2.45, 2.75) is 72.3 Å². The highest BCUT2D eigenvalue weighted by Crippen LogP contribution is 2.61. The van der Waals surface area contributed by atoms with Gasteiger partial charge in [-0.3, -0.25) is 0 Å². The molecule has 0 spiro atoms. The van der Waals surface area contributed by atoms with Crippen LogP contribution in [0.2, 0.25) is 0 Å². The molecule has 0 aromatic rings. The van der Waals surface area contributed by atoms with E-state index in [1.165, 1.54) is 0 Å². The van der Waals surface area contributed by atoms with Crippen molar-refractivity contribution in [2.75, 3.05) is 13.2 Å². The molecule has 0 heterocycles. The van der Waals surface area contributed by atoms with Crippen molar-refractivity contribution in [1.82, 2.24) is 0 Å². The summed E-state index contributed by atoms with van der Waals surface area (Å²) in [7, 11) is 0. The highest BCUT2D eigenvalue weighted by Gasteiger charge is 2.56. The zero-order valence-electron chi connectivity index (χ0n) is 15.4. The molecule has 0 aliphatic heterocycles. The SMILES string of the molecule is C[C@H](CCO)CC[C@@]1(C)[C@H](C)[C@H](O)C[C@@]2(C)C(CO)=CCC[C@H]12. The van der Waals surface area contributed by atoms with Gasteiger partial charge in [-0.1, -0.05) is 40.2 Å². The van der Waals surface area contributed by atoms with Gasteiger partial charge in [0.25, 0.3) is 0 Å². The molecule has 0 unspecified atom stereocenters. The molecule has 134 valence electrons. The van der Waals surface area contributed by atoms with Crippen LogP contribution in [0.3, 0.4) is 0 Å². The number of rotatable bonds is 6. The molecule has 3 N–H and O–H groups in total. The van der Waals surface area contributed by atoms with Crippen LogP contribution in [0.1, 0.15) is 66.2 Å². The Kier molecular flexibility index (Phi) is 5.97. The smallest absolute Gasteiger partial charge is 0.0647 e. The zero-order chi connectivity index (χ0) is 17.3. The molecule has 0 aromatic heterocycles. The lowest BCUT2D eigenvalue weighted by Crippen LogP contribution is -2.55. The topological polar surface area (TPSA) is 60.7 Å². The fraction of sp³-hybridized carbons (Fsp3) is 0.900. The first-order valence-electron chi connectivity index (χ1n) is 9.39. The molecule has 6 atom stereocenters. The van der Waals surface area contributed by atoms with Crippen LogP contribution in [-0.4, -0.2) is 34.6 Å². The van der Waals surface area contributed by atoms with Crippen molar-refractivity contribution in [3.8, 4) is 0 Å². The maximum Gasteiger partial charge on any atom is 0.0647 e. The lowest BCUT2D eigenvalue weighted by atomic mass is 9.46. The van der Waals surface area contributed by atoms with Crippen molar-refractivity contribution in [3.05, 3.63) is 11.6 Å². The van der Waals surface area contributed by atoms with Gasteiger partial charge in [0, 0.05) is 6.61 Å². The Hall–Kier alpha value is -0.380. The zero-order valence-corrected chi connectivity index (χ0v) is 15.4. The van der Waals surface area contributed by atoms with Gasteiger partial charge in [0.15, 0.2) is 0 Å². The van der Waals surface area contributed by atoms with E-state index in [9.17, 15) is 10.2 Å². The first kappa shape index (κ1) is 19.0. The molecule has 23 heavy (non-hydrogen) atoms. The van der Waals surface area contributed by atoms with E-state index in [4.69, 9.17) is 5.11 Å². The first-order valence-corrected chi connectivity index (χ1v) is 9.39. The summed E-state index contributed by atoms with van der Waals surface area (Å²) in [5.74, 6) is 1.31. The minimum atomic E-state index is -0.303. The van der Waals surface area contributed by atoms with Crippen LogP contribution in [-0.2, 0) is 0 Å².